The number of esters is 1. The highest BCUT2D eigenvalue weighted by Gasteiger charge is 2.27. The van der Waals surface area contributed by atoms with Gasteiger partial charge in [0.1, 0.15) is 0 Å². The van der Waals surface area contributed by atoms with Crippen molar-refractivity contribution >= 4 is 5.97 Å². The number of hydrogen-bond donors (Lipinski definition) is 0. The van der Waals surface area contributed by atoms with Gasteiger partial charge in [0, 0.05) is 18.3 Å². The predicted octanol–water partition coefficient (Wildman–Crippen LogP) is 2.37. The van der Waals surface area contributed by atoms with E-state index in [0.717, 1.165) is 37.8 Å². The van der Waals surface area contributed by atoms with Crippen molar-refractivity contribution < 1.29 is 14.3 Å². The molecule has 0 radical (unpaired) electrons. The largest absolute Gasteiger partial charge is 0.469 e. The number of hydrogen-bond acceptors (Lipinski definition) is 4. The van der Waals surface area contributed by atoms with E-state index in [2.05, 4.69) is 4.98 Å². The van der Waals surface area contributed by atoms with Gasteiger partial charge >= 0.3 is 5.97 Å². The highest BCUT2D eigenvalue weighted by molar-refractivity contribution is 5.72. The Bertz CT molecular complexity index is 386. The number of ether oxygens (including phenoxy) is 2. The minimum atomic E-state index is -0.0769. The van der Waals surface area contributed by atoms with E-state index in [-0.39, 0.29) is 18.0 Å². The van der Waals surface area contributed by atoms with Gasteiger partial charge in [0.2, 0.25) is 0 Å². The molecule has 0 aliphatic heterocycles. The molecule has 0 aromatic carbocycles. The highest BCUT2D eigenvalue weighted by atomic mass is 16.5. The molecule has 0 unspecified atom stereocenters. The summed E-state index contributed by atoms with van der Waals surface area (Å²) in [6.45, 7) is 0.699. The Morgan fingerprint density at radius 2 is 2.11 bits per heavy atom. The van der Waals surface area contributed by atoms with Crippen LogP contribution in [0.15, 0.2) is 24.4 Å². The van der Waals surface area contributed by atoms with Gasteiger partial charge in [-0.3, -0.25) is 9.78 Å². The van der Waals surface area contributed by atoms with E-state index >= 15 is 0 Å². The van der Waals surface area contributed by atoms with Gasteiger partial charge in [-0.25, -0.2) is 0 Å². The third kappa shape index (κ3) is 4.31. The van der Waals surface area contributed by atoms with Crippen LogP contribution in [0.3, 0.4) is 0 Å². The monoisotopic (exact) mass is 263 g/mol. The van der Waals surface area contributed by atoms with Crippen LogP contribution in [0.1, 0.15) is 31.4 Å². The molecule has 0 bridgehead atoms. The molecule has 1 aromatic heterocycles. The Morgan fingerprint density at radius 1 is 1.32 bits per heavy atom. The van der Waals surface area contributed by atoms with Crippen molar-refractivity contribution in [2.45, 2.75) is 38.2 Å². The summed E-state index contributed by atoms with van der Waals surface area (Å²) >= 11 is 0. The van der Waals surface area contributed by atoms with Gasteiger partial charge in [-0.2, -0.15) is 0 Å². The van der Waals surface area contributed by atoms with Gasteiger partial charge in [0.05, 0.1) is 25.7 Å². The van der Waals surface area contributed by atoms with Gasteiger partial charge < -0.3 is 9.47 Å². The molecular weight excluding hydrogens is 242 g/mol. The molecule has 0 spiro atoms. The molecule has 1 aliphatic carbocycles. The van der Waals surface area contributed by atoms with Crippen LogP contribution in [0, 0.1) is 5.92 Å². The molecule has 1 heterocycles. The Morgan fingerprint density at radius 3 is 2.74 bits per heavy atom. The lowest BCUT2D eigenvalue weighted by Gasteiger charge is -2.26. The molecule has 1 aliphatic rings. The summed E-state index contributed by atoms with van der Waals surface area (Å²) in [5, 5.41) is 0. The zero-order valence-electron chi connectivity index (χ0n) is 11.4. The summed E-state index contributed by atoms with van der Waals surface area (Å²) in [4.78, 5) is 15.7. The zero-order valence-corrected chi connectivity index (χ0v) is 11.4. The normalized spacial score (nSPS) is 23.0. The Hall–Kier alpha value is -1.42. The van der Waals surface area contributed by atoms with E-state index in [0.29, 0.717) is 6.61 Å². The molecule has 2 rings (SSSR count). The third-order valence-electron chi connectivity index (χ3n) is 3.65. The van der Waals surface area contributed by atoms with Crippen molar-refractivity contribution in [3.05, 3.63) is 30.1 Å². The van der Waals surface area contributed by atoms with Crippen molar-refractivity contribution in [3.8, 4) is 0 Å². The van der Waals surface area contributed by atoms with E-state index in [1.54, 1.807) is 6.20 Å². The Labute approximate surface area is 114 Å². The molecule has 0 amide bonds. The van der Waals surface area contributed by atoms with Gasteiger partial charge in [-0.1, -0.05) is 6.07 Å². The second kappa shape index (κ2) is 7.24. The standard InChI is InChI=1S/C15H21NO3/c1-18-15(17)12-5-7-14(8-6-12)19-11-9-13-4-2-3-10-16-13/h2-4,10,12,14H,5-9,11H2,1H3. The number of carbonyl (C=O) groups excluding carboxylic acids is 1. The molecule has 1 aromatic rings. The van der Waals surface area contributed by atoms with Crippen LogP contribution in [0.2, 0.25) is 0 Å². The zero-order chi connectivity index (χ0) is 13.5. The summed E-state index contributed by atoms with van der Waals surface area (Å²) in [5.41, 5.74) is 1.06. The van der Waals surface area contributed by atoms with Crippen LogP contribution >= 0.6 is 0 Å². The summed E-state index contributed by atoms with van der Waals surface area (Å²) in [6, 6.07) is 5.92. The second-order valence-electron chi connectivity index (χ2n) is 4.94. The van der Waals surface area contributed by atoms with Crippen molar-refractivity contribution in [2.75, 3.05) is 13.7 Å². The van der Waals surface area contributed by atoms with Crippen LogP contribution in [0.4, 0.5) is 0 Å². The summed E-state index contributed by atoms with van der Waals surface area (Å²) in [7, 11) is 1.46. The molecular formula is C15H21NO3. The molecule has 1 fully saturated rings. The molecule has 4 nitrogen and oxygen atoms in total. The van der Waals surface area contributed by atoms with Crippen molar-refractivity contribution in [1.29, 1.82) is 0 Å². The lowest BCUT2D eigenvalue weighted by atomic mass is 9.87. The first-order valence-corrected chi connectivity index (χ1v) is 6.89. The van der Waals surface area contributed by atoms with Crippen LogP contribution in [-0.2, 0) is 20.7 Å². The molecule has 1 saturated carbocycles. The Balaban J connectivity index is 1.65. The number of rotatable bonds is 5. The highest BCUT2D eigenvalue weighted by Crippen LogP contribution is 2.27. The Kier molecular flexibility index (Phi) is 5.33. The maximum atomic E-state index is 11.4. The first-order valence-electron chi connectivity index (χ1n) is 6.89. The number of pyridine rings is 1. The number of nitrogens with zero attached hydrogens (tertiary/aromatic N) is 1. The summed E-state index contributed by atoms with van der Waals surface area (Å²) in [5.74, 6) is -0.00687. The molecule has 0 N–H and O–H groups in total. The SMILES string of the molecule is COC(=O)C1CCC(OCCc2ccccn2)CC1. The van der Waals surface area contributed by atoms with Gasteiger partial charge in [0.25, 0.3) is 0 Å². The van der Waals surface area contributed by atoms with Crippen LogP contribution < -0.4 is 0 Å². The fourth-order valence-corrected chi connectivity index (χ4v) is 2.51. The maximum absolute atomic E-state index is 11.4. The van der Waals surface area contributed by atoms with Crippen molar-refractivity contribution in [2.24, 2.45) is 5.92 Å². The topological polar surface area (TPSA) is 48.4 Å². The lowest BCUT2D eigenvalue weighted by molar-refractivity contribution is -0.147. The lowest BCUT2D eigenvalue weighted by Crippen LogP contribution is -2.27. The fraction of sp³-hybridized carbons (Fsp3) is 0.600. The first kappa shape index (κ1) is 14.0. The fourth-order valence-electron chi connectivity index (χ4n) is 2.51. The maximum Gasteiger partial charge on any atom is 0.308 e. The van der Waals surface area contributed by atoms with Crippen LogP contribution in [-0.4, -0.2) is 30.8 Å². The predicted molar refractivity (Wildman–Crippen MR) is 71.7 cm³/mol. The van der Waals surface area contributed by atoms with Gasteiger partial charge in [-0.05, 0) is 37.8 Å². The average molecular weight is 263 g/mol. The van der Waals surface area contributed by atoms with Gasteiger partial charge in [0.15, 0.2) is 0 Å². The van der Waals surface area contributed by atoms with E-state index in [1.807, 2.05) is 18.2 Å². The molecule has 104 valence electrons. The minimum absolute atomic E-state index is 0.0700. The van der Waals surface area contributed by atoms with Crippen LogP contribution in [0.5, 0.6) is 0 Å². The summed E-state index contributed by atoms with van der Waals surface area (Å²) in [6.07, 6.45) is 6.57. The second-order valence-corrected chi connectivity index (χ2v) is 4.94. The van der Waals surface area contributed by atoms with E-state index in [9.17, 15) is 4.79 Å². The first-order chi connectivity index (χ1) is 9.29. The smallest absolute Gasteiger partial charge is 0.308 e. The van der Waals surface area contributed by atoms with Crippen molar-refractivity contribution in [3.63, 3.8) is 0 Å². The number of aromatic nitrogens is 1. The van der Waals surface area contributed by atoms with E-state index < -0.39 is 0 Å². The van der Waals surface area contributed by atoms with Gasteiger partial charge in [-0.15, -0.1) is 0 Å². The van der Waals surface area contributed by atoms with E-state index in [4.69, 9.17) is 9.47 Å². The molecule has 0 atom stereocenters. The average Bonchev–Trinajstić information content (AvgIpc) is 2.48. The number of carbonyl (C=O) groups is 1. The molecule has 19 heavy (non-hydrogen) atoms. The number of methoxy groups -OCH3 is 1. The van der Waals surface area contributed by atoms with Crippen LogP contribution in [0.25, 0.3) is 0 Å². The quantitative estimate of drug-likeness (QED) is 0.765. The third-order valence-corrected chi connectivity index (χ3v) is 3.65. The molecule has 4 heteroatoms. The summed E-state index contributed by atoms with van der Waals surface area (Å²) < 4.78 is 10.6. The van der Waals surface area contributed by atoms with E-state index in [1.165, 1.54) is 7.11 Å². The van der Waals surface area contributed by atoms with Crippen molar-refractivity contribution in [1.82, 2.24) is 4.98 Å². The minimum Gasteiger partial charge on any atom is -0.469 e. The molecule has 0 saturated heterocycles.